The summed E-state index contributed by atoms with van der Waals surface area (Å²) >= 11 is 0. The zero-order valence-electron chi connectivity index (χ0n) is 15.6. The molecule has 5 aliphatic rings. The first-order valence-electron chi connectivity index (χ1n) is 9.48. The number of rotatable bonds is 4. The second kappa shape index (κ2) is 6.50. The van der Waals surface area contributed by atoms with Gasteiger partial charge in [-0.2, -0.15) is 22.0 Å². The average molecular weight is 428 g/mol. The van der Waals surface area contributed by atoms with Gasteiger partial charge in [-0.15, -0.1) is 0 Å². The first-order chi connectivity index (χ1) is 13.3. The van der Waals surface area contributed by atoms with Gasteiger partial charge in [-0.3, -0.25) is 0 Å². The third-order valence-corrected chi connectivity index (χ3v) is 6.37. The lowest BCUT2D eigenvalue weighted by molar-refractivity contribution is -0.321. The third kappa shape index (κ3) is 3.71. The fraction of sp³-hybridized carbons (Fsp3) is 0.889. The van der Waals surface area contributed by atoms with Crippen molar-refractivity contribution in [2.45, 2.75) is 68.6 Å². The Morgan fingerprint density at radius 3 is 2.24 bits per heavy atom. The fourth-order valence-electron chi connectivity index (χ4n) is 5.55. The van der Waals surface area contributed by atoms with E-state index in [9.17, 15) is 31.5 Å². The lowest BCUT2D eigenvalue weighted by Crippen LogP contribution is -2.65. The highest BCUT2D eigenvalue weighted by molar-refractivity contribution is 5.77. The van der Waals surface area contributed by atoms with Gasteiger partial charge in [0.25, 0.3) is 0 Å². The van der Waals surface area contributed by atoms with E-state index >= 15 is 0 Å². The van der Waals surface area contributed by atoms with Crippen LogP contribution in [0.3, 0.4) is 0 Å². The van der Waals surface area contributed by atoms with Crippen LogP contribution in [0.2, 0.25) is 0 Å². The predicted octanol–water partition coefficient (Wildman–Crippen LogP) is 2.98. The minimum absolute atomic E-state index is 0.139. The number of carbonyl (C=O) groups is 2. The normalized spacial score (nSPS) is 41.0. The highest BCUT2D eigenvalue weighted by Crippen LogP contribution is 2.64. The number of ether oxygens (including phenoxy) is 4. The number of alkyl halides is 5. The molecule has 0 aromatic rings. The Kier molecular flexibility index (Phi) is 4.66. The molecule has 5 rings (SSSR count). The largest absolute Gasteiger partial charge is 0.455 e. The van der Waals surface area contributed by atoms with Gasteiger partial charge in [0.05, 0.1) is 6.61 Å². The van der Waals surface area contributed by atoms with Crippen LogP contribution in [0.1, 0.15) is 39.0 Å². The van der Waals surface area contributed by atoms with Crippen LogP contribution in [0.5, 0.6) is 0 Å². The summed E-state index contributed by atoms with van der Waals surface area (Å²) in [4.78, 5) is 23.7. The van der Waals surface area contributed by atoms with E-state index < -0.39 is 48.1 Å². The second-order valence-electron chi connectivity index (χ2n) is 8.67. The van der Waals surface area contributed by atoms with E-state index in [1.54, 1.807) is 0 Å². The van der Waals surface area contributed by atoms with Crippen LogP contribution >= 0.6 is 0 Å². The Bertz CT molecular complexity index is 686. The van der Waals surface area contributed by atoms with Crippen molar-refractivity contribution in [1.82, 2.24) is 0 Å². The van der Waals surface area contributed by atoms with Crippen LogP contribution in [-0.2, 0) is 28.5 Å². The molecule has 0 N–H and O–H groups in total. The van der Waals surface area contributed by atoms with E-state index in [2.05, 4.69) is 4.74 Å². The lowest BCUT2D eigenvalue weighted by Gasteiger charge is -2.62. The third-order valence-electron chi connectivity index (χ3n) is 6.37. The average Bonchev–Trinajstić information content (AvgIpc) is 3.02. The van der Waals surface area contributed by atoms with E-state index in [0.717, 1.165) is 0 Å². The highest BCUT2D eigenvalue weighted by atomic mass is 19.4. The smallest absolute Gasteiger partial charge is 0.422 e. The Morgan fingerprint density at radius 1 is 1.07 bits per heavy atom. The molecule has 0 aromatic heterocycles. The lowest BCUT2D eigenvalue weighted by atomic mass is 9.51. The van der Waals surface area contributed by atoms with Crippen molar-refractivity contribution in [1.29, 1.82) is 0 Å². The number of carbonyl (C=O) groups excluding carboxylic acids is 2. The summed E-state index contributed by atoms with van der Waals surface area (Å²) in [6, 6.07) is 0. The molecule has 3 unspecified atom stereocenters. The summed E-state index contributed by atoms with van der Waals surface area (Å²) < 4.78 is 84.6. The van der Waals surface area contributed by atoms with Crippen LogP contribution in [-0.4, -0.2) is 54.7 Å². The molecule has 1 saturated heterocycles. The molecule has 5 fully saturated rings. The molecule has 11 heteroatoms. The summed E-state index contributed by atoms with van der Waals surface area (Å²) in [5, 5.41) is 0. The van der Waals surface area contributed by atoms with E-state index in [0.29, 0.717) is 26.2 Å². The van der Waals surface area contributed by atoms with E-state index in [1.807, 2.05) is 0 Å². The second-order valence-corrected chi connectivity index (χ2v) is 8.67. The monoisotopic (exact) mass is 428 g/mol. The molecule has 1 heterocycles. The SMILES string of the molecule is CC(F)(F)C(=O)OC12CC3CC(C1)C1(OCC(C(=O)OCC(F)(F)F)O1)C(C3)C2. The molecule has 1 spiro atoms. The number of hydrogen-bond acceptors (Lipinski definition) is 6. The Morgan fingerprint density at radius 2 is 1.69 bits per heavy atom. The zero-order valence-corrected chi connectivity index (χ0v) is 15.6. The molecule has 0 aromatic carbocycles. The Balaban J connectivity index is 1.46. The van der Waals surface area contributed by atoms with E-state index in [1.165, 1.54) is 0 Å². The molecule has 1 aliphatic heterocycles. The van der Waals surface area contributed by atoms with Gasteiger partial charge >= 0.3 is 24.0 Å². The zero-order chi connectivity index (χ0) is 21.2. The molecule has 4 bridgehead atoms. The number of halogens is 5. The number of hydrogen-bond donors (Lipinski definition) is 0. The van der Waals surface area contributed by atoms with Crippen molar-refractivity contribution >= 4 is 11.9 Å². The molecular weight excluding hydrogens is 407 g/mol. The van der Waals surface area contributed by atoms with Gasteiger partial charge < -0.3 is 18.9 Å². The van der Waals surface area contributed by atoms with Gasteiger partial charge in [0.1, 0.15) is 5.60 Å². The van der Waals surface area contributed by atoms with Gasteiger partial charge in [0.15, 0.2) is 18.5 Å². The molecule has 29 heavy (non-hydrogen) atoms. The predicted molar refractivity (Wildman–Crippen MR) is 83.6 cm³/mol. The van der Waals surface area contributed by atoms with Crippen LogP contribution < -0.4 is 0 Å². The molecule has 0 radical (unpaired) electrons. The Hall–Kier alpha value is -1.49. The van der Waals surface area contributed by atoms with Crippen molar-refractivity contribution in [3.8, 4) is 0 Å². The quantitative estimate of drug-likeness (QED) is 0.507. The van der Waals surface area contributed by atoms with Gasteiger partial charge in [0, 0.05) is 18.8 Å². The van der Waals surface area contributed by atoms with Crippen LogP contribution in [0.15, 0.2) is 0 Å². The van der Waals surface area contributed by atoms with Crippen molar-refractivity contribution in [2.75, 3.05) is 13.2 Å². The van der Waals surface area contributed by atoms with E-state index in [4.69, 9.17) is 14.2 Å². The van der Waals surface area contributed by atoms with E-state index in [-0.39, 0.29) is 37.2 Å². The van der Waals surface area contributed by atoms with Crippen molar-refractivity contribution < 1.29 is 50.5 Å². The molecular formula is C18H21F5O6. The van der Waals surface area contributed by atoms with Gasteiger partial charge in [-0.05, 0) is 38.0 Å². The standard InChI is InChI=1S/C18H21F5O6/c1-15(19,20)14(25)29-16-4-9-2-10(5-16)18(11(3-9)6-16)27-7-12(28-18)13(24)26-8-17(21,22)23/h9-12H,2-8H2,1H3. The summed E-state index contributed by atoms with van der Waals surface area (Å²) in [7, 11) is 0. The first kappa shape index (κ1) is 20.8. The van der Waals surface area contributed by atoms with Gasteiger partial charge in [-0.25, -0.2) is 9.59 Å². The minimum atomic E-state index is -4.65. The molecule has 164 valence electrons. The van der Waals surface area contributed by atoms with Crippen molar-refractivity contribution in [3.05, 3.63) is 0 Å². The molecule has 0 amide bonds. The van der Waals surface area contributed by atoms with Crippen molar-refractivity contribution in [2.24, 2.45) is 17.8 Å². The molecule has 3 atom stereocenters. The highest BCUT2D eigenvalue weighted by Gasteiger charge is 2.68. The molecule has 6 nitrogen and oxygen atoms in total. The fourth-order valence-corrected chi connectivity index (χ4v) is 5.55. The maximum atomic E-state index is 13.3. The van der Waals surface area contributed by atoms with Crippen LogP contribution in [0.4, 0.5) is 22.0 Å². The maximum absolute atomic E-state index is 13.3. The van der Waals surface area contributed by atoms with Crippen LogP contribution in [0, 0.1) is 17.8 Å². The minimum Gasteiger partial charge on any atom is -0.455 e. The first-order valence-corrected chi connectivity index (χ1v) is 9.48. The van der Waals surface area contributed by atoms with Crippen LogP contribution in [0.25, 0.3) is 0 Å². The molecule has 4 saturated carbocycles. The Labute approximate surface area is 163 Å². The summed E-state index contributed by atoms with van der Waals surface area (Å²) in [6.07, 6.45) is -3.68. The topological polar surface area (TPSA) is 71.1 Å². The maximum Gasteiger partial charge on any atom is 0.422 e. The van der Waals surface area contributed by atoms with Gasteiger partial charge in [0.2, 0.25) is 0 Å². The summed E-state index contributed by atoms with van der Waals surface area (Å²) in [6.45, 7) is -1.47. The summed E-state index contributed by atoms with van der Waals surface area (Å²) in [5.41, 5.74) is -1.03. The van der Waals surface area contributed by atoms with Crippen molar-refractivity contribution in [3.63, 3.8) is 0 Å². The number of esters is 2. The van der Waals surface area contributed by atoms with Gasteiger partial charge in [-0.1, -0.05) is 0 Å². The summed E-state index contributed by atoms with van der Waals surface area (Å²) in [5.74, 6) is -8.01. The molecule has 4 aliphatic carbocycles.